The molecule has 120 valence electrons. The molecule has 0 radical (unpaired) electrons. The van der Waals surface area contributed by atoms with Gasteiger partial charge in [0.25, 0.3) is 6.33 Å². The molecule has 1 aliphatic rings. The maximum Gasteiger partial charge on any atom is 0.414 e. The zero-order chi connectivity index (χ0) is 16.5. The lowest BCUT2D eigenvalue weighted by Gasteiger charge is -2.18. The van der Waals surface area contributed by atoms with Crippen LogP contribution in [0, 0.1) is 0 Å². The van der Waals surface area contributed by atoms with Crippen molar-refractivity contribution < 1.29 is 28.4 Å². The van der Waals surface area contributed by atoms with E-state index in [1.807, 2.05) is 0 Å². The van der Waals surface area contributed by atoms with Crippen LogP contribution in [0.1, 0.15) is 26.5 Å². The van der Waals surface area contributed by atoms with E-state index < -0.39 is 29.6 Å². The number of esters is 2. The van der Waals surface area contributed by atoms with Crippen LogP contribution < -0.4 is 9.88 Å². The summed E-state index contributed by atoms with van der Waals surface area (Å²) in [7, 11) is 1.27. The molecule has 1 aromatic rings. The van der Waals surface area contributed by atoms with Gasteiger partial charge in [0.2, 0.25) is 0 Å². The molecule has 1 aliphatic heterocycles. The lowest BCUT2D eigenvalue weighted by Crippen LogP contribution is -2.49. The zero-order valence-corrected chi connectivity index (χ0v) is 13.1. The molecule has 8 nitrogen and oxygen atoms in total. The first kappa shape index (κ1) is 16.0. The van der Waals surface area contributed by atoms with Gasteiger partial charge in [-0.3, -0.25) is 0 Å². The van der Waals surface area contributed by atoms with Crippen molar-refractivity contribution in [3.8, 4) is 0 Å². The number of imidazole rings is 1. The van der Waals surface area contributed by atoms with Crippen LogP contribution in [-0.2, 0) is 32.0 Å². The average Bonchev–Trinajstić information content (AvgIpc) is 2.78. The van der Waals surface area contributed by atoms with Crippen LogP contribution in [0.3, 0.4) is 0 Å². The van der Waals surface area contributed by atoms with Crippen molar-refractivity contribution in [1.29, 1.82) is 0 Å². The van der Waals surface area contributed by atoms with Crippen molar-refractivity contribution in [1.82, 2.24) is 9.88 Å². The number of carbonyl (C=O) groups excluding carboxylic acids is 3. The number of fused-ring (bicyclic) bond motifs is 1. The average molecular weight is 310 g/mol. The Labute approximate surface area is 128 Å². The molecule has 0 spiro atoms. The van der Waals surface area contributed by atoms with E-state index in [1.165, 1.54) is 18.0 Å². The molecule has 2 rings (SSSR count). The summed E-state index contributed by atoms with van der Waals surface area (Å²) in [6, 6.07) is -1.14. The number of hydrogen-bond acceptors (Lipinski definition) is 5. The fourth-order valence-corrected chi connectivity index (χ4v) is 2.22. The van der Waals surface area contributed by atoms with E-state index in [0.29, 0.717) is 12.1 Å². The number of amides is 1. The number of aromatic nitrogens is 2. The molecule has 1 atom stereocenters. The van der Waals surface area contributed by atoms with Crippen molar-refractivity contribution in [3.05, 3.63) is 18.2 Å². The SMILES string of the molecule is COC(=O)[C@@H]1Cc2c[n+](CC(=O)OC(C)(C)C)cn2C(=O)N1. The van der Waals surface area contributed by atoms with Crippen LogP contribution in [0.25, 0.3) is 0 Å². The fourth-order valence-electron chi connectivity index (χ4n) is 2.22. The van der Waals surface area contributed by atoms with Gasteiger partial charge in [0.15, 0.2) is 12.2 Å². The first-order chi connectivity index (χ1) is 10.2. The van der Waals surface area contributed by atoms with Gasteiger partial charge >= 0.3 is 18.0 Å². The second kappa shape index (κ2) is 5.78. The number of carbonyl (C=O) groups is 3. The summed E-state index contributed by atoms with van der Waals surface area (Å²) < 4.78 is 12.8. The minimum absolute atomic E-state index is 0.00651. The third-order valence-corrected chi connectivity index (χ3v) is 3.04. The van der Waals surface area contributed by atoms with E-state index in [0.717, 1.165) is 0 Å². The minimum Gasteiger partial charge on any atom is -0.467 e. The number of methoxy groups -OCH3 is 1. The summed E-state index contributed by atoms with van der Waals surface area (Å²) in [5, 5.41) is 2.55. The number of ether oxygens (including phenoxy) is 2. The van der Waals surface area contributed by atoms with Crippen LogP contribution in [0.2, 0.25) is 0 Å². The van der Waals surface area contributed by atoms with Crippen LogP contribution >= 0.6 is 0 Å². The lowest BCUT2D eigenvalue weighted by molar-refractivity contribution is -0.685. The smallest absolute Gasteiger partial charge is 0.414 e. The van der Waals surface area contributed by atoms with Crippen molar-refractivity contribution in [2.24, 2.45) is 0 Å². The highest BCUT2D eigenvalue weighted by molar-refractivity contribution is 5.86. The summed E-state index contributed by atoms with van der Waals surface area (Å²) >= 11 is 0. The topological polar surface area (TPSA) is 90.5 Å². The third-order valence-electron chi connectivity index (χ3n) is 3.04. The van der Waals surface area contributed by atoms with Gasteiger partial charge < -0.3 is 14.8 Å². The Morgan fingerprint density at radius 3 is 2.73 bits per heavy atom. The molecule has 8 heteroatoms. The molecule has 0 aromatic carbocycles. The molecule has 1 amide bonds. The molecule has 1 aromatic heterocycles. The van der Waals surface area contributed by atoms with Gasteiger partial charge in [-0.05, 0) is 20.8 Å². The van der Waals surface area contributed by atoms with Crippen molar-refractivity contribution in [3.63, 3.8) is 0 Å². The van der Waals surface area contributed by atoms with Gasteiger partial charge in [-0.1, -0.05) is 0 Å². The lowest BCUT2D eigenvalue weighted by atomic mass is 10.1. The van der Waals surface area contributed by atoms with Gasteiger partial charge in [0.1, 0.15) is 17.8 Å². The summed E-state index contributed by atoms with van der Waals surface area (Å²) in [5.74, 6) is -0.898. The minimum atomic E-state index is -0.713. The summed E-state index contributed by atoms with van der Waals surface area (Å²) in [4.78, 5) is 35.3. The summed E-state index contributed by atoms with van der Waals surface area (Å²) in [6.45, 7) is 5.35. The molecule has 0 bridgehead atoms. The molecule has 0 saturated carbocycles. The zero-order valence-electron chi connectivity index (χ0n) is 13.1. The maximum absolute atomic E-state index is 12.0. The van der Waals surface area contributed by atoms with Gasteiger partial charge in [0, 0.05) is 6.42 Å². The molecule has 0 saturated heterocycles. The highest BCUT2D eigenvalue weighted by atomic mass is 16.6. The second-order valence-corrected chi connectivity index (χ2v) is 6.09. The molecular formula is C14H20N3O5+. The quantitative estimate of drug-likeness (QED) is 0.615. The fraction of sp³-hybridized carbons (Fsp3) is 0.571. The monoisotopic (exact) mass is 310 g/mol. The Morgan fingerprint density at radius 1 is 1.45 bits per heavy atom. The van der Waals surface area contributed by atoms with Crippen molar-refractivity contribution in [2.45, 2.75) is 45.4 Å². The number of hydrogen-bond donors (Lipinski definition) is 1. The highest BCUT2D eigenvalue weighted by Gasteiger charge is 2.35. The van der Waals surface area contributed by atoms with Gasteiger partial charge in [-0.15, -0.1) is 4.57 Å². The Hall–Kier alpha value is -2.38. The first-order valence-corrected chi connectivity index (χ1v) is 6.90. The summed E-state index contributed by atoms with van der Waals surface area (Å²) in [6.07, 6.45) is 3.46. The first-order valence-electron chi connectivity index (χ1n) is 6.90. The molecule has 0 fully saturated rings. The standard InChI is InChI=1S/C14H19N3O5/c1-14(2,3)22-11(18)7-16-6-9-5-10(12(19)21-4)15-13(20)17(9)8-16/h6,8,10H,5,7H2,1-4H3/p+1/t10-/m0/s1. The van der Waals surface area contributed by atoms with Crippen LogP contribution in [0.5, 0.6) is 0 Å². The van der Waals surface area contributed by atoms with Crippen LogP contribution in [0.4, 0.5) is 4.79 Å². The van der Waals surface area contributed by atoms with E-state index in [1.54, 1.807) is 31.5 Å². The van der Waals surface area contributed by atoms with Crippen molar-refractivity contribution >= 4 is 18.0 Å². The Balaban J connectivity index is 2.12. The third kappa shape index (κ3) is 3.63. The molecule has 22 heavy (non-hydrogen) atoms. The molecule has 0 unspecified atom stereocenters. The molecule has 2 heterocycles. The number of rotatable bonds is 3. The Kier molecular flexibility index (Phi) is 4.20. The second-order valence-electron chi connectivity index (χ2n) is 6.09. The van der Waals surface area contributed by atoms with Gasteiger partial charge in [-0.25, -0.2) is 19.0 Å². The van der Waals surface area contributed by atoms with Crippen LogP contribution in [0.15, 0.2) is 12.5 Å². The highest BCUT2D eigenvalue weighted by Crippen LogP contribution is 2.10. The van der Waals surface area contributed by atoms with E-state index >= 15 is 0 Å². The van der Waals surface area contributed by atoms with E-state index in [-0.39, 0.29) is 6.54 Å². The van der Waals surface area contributed by atoms with Crippen LogP contribution in [-0.4, -0.2) is 41.3 Å². The molecule has 1 N–H and O–H groups in total. The Bertz CT molecular complexity index is 614. The molecule has 0 aliphatic carbocycles. The Morgan fingerprint density at radius 2 is 2.14 bits per heavy atom. The predicted molar refractivity (Wildman–Crippen MR) is 73.9 cm³/mol. The molecular weight excluding hydrogens is 290 g/mol. The van der Waals surface area contributed by atoms with E-state index in [2.05, 4.69) is 10.1 Å². The van der Waals surface area contributed by atoms with E-state index in [4.69, 9.17) is 4.74 Å². The predicted octanol–water partition coefficient (Wildman–Crippen LogP) is -0.227. The number of nitrogens with one attached hydrogen (secondary N) is 1. The normalized spacial score (nSPS) is 17.5. The summed E-state index contributed by atoms with van der Waals surface area (Å²) in [5.41, 5.74) is 0.0624. The maximum atomic E-state index is 12.0. The van der Waals surface area contributed by atoms with Gasteiger partial charge in [-0.2, -0.15) is 0 Å². The van der Waals surface area contributed by atoms with Crippen molar-refractivity contribution in [2.75, 3.05) is 7.11 Å². The van der Waals surface area contributed by atoms with Gasteiger partial charge in [0.05, 0.1) is 7.11 Å². The number of nitrogens with zero attached hydrogens (tertiary/aromatic N) is 2. The largest absolute Gasteiger partial charge is 0.467 e. The van der Waals surface area contributed by atoms with E-state index in [9.17, 15) is 14.4 Å².